The summed E-state index contributed by atoms with van der Waals surface area (Å²) in [7, 11) is 0. The van der Waals surface area contributed by atoms with Gasteiger partial charge in [0, 0.05) is 37.1 Å². The maximum absolute atomic E-state index is 6.06. The molecule has 0 bridgehead atoms. The van der Waals surface area contributed by atoms with Crippen molar-refractivity contribution in [2.45, 2.75) is 32.4 Å². The van der Waals surface area contributed by atoms with Crippen LogP contribution in [0.3, 0.4) is 0 Å². The number of rotatable bonds is 4. The molecule has 2 aromatic rings. The highest BCUT2D eigenvalue weighted by molar-refractivity contribution is 7.10. The third kappa shape index (κ3) is 3.39. The zero-order chi connectivity index (χ0) is 14.8. The Morgan fingerprint density at radius 1 is 1.52 bits per heavy atom. The van der Waals surface area contributed by atoms with Gasteiger partial charge in [-0.3, -0.25) is 10.00 Å². The summed E-state index contributed by atoms with van der Waals surface area (Å²) < 4.78 is 10.3. The van der Waals surface area contributed by atoms with Crippen LogP contribution < -0.4 is 0 Å². The number of nitrogens with zero attached hydrogens (tertiary/aromatic N) is 5. The van der Waals surface area contributed by atoms with Crippen molar-refractivity contribution >= 4 is 23.1 Å². The van der Waals surface area contributed by atoms with Crippen molar-refractivity contribution < 1.29 is 4.74 Å². The van der Waals surface area contributed by atoms with Gasteiger partial charge < -0.3 is 4.74 Å². The van der Waals surface area contributed by atoms with Crippen molar-refractivity contribution in [1.82, 2.24) is 29.7 Å². The summed E-state index contributed by atoms with van der Waals surface area (Å²) in [6.07, 6.45) is -0.0934. The van der Waals surface area contributed by atoms with E-state index >= 15 is 0 Å². The van der Waals surface area contributed by atoms with Crippen molar-refractivity contribution in [2.75, 3.05) is 19.7 Å². The van der Waals surface area contributed by atoms with Crippen LogP contribution in [0.15, 0.2) is 0 Å². The molecule has 0 radical (unpaired) electrons. The molecule has 1 N–H and O–H groups in total. The molecule has 21 heavy (non-hydrogen) atoms. The molecule has 1 aliphatic heterocycles. The number of hydrogen-bond acceptors (Lipinski definition) is 7. The van der Waals surface area contributed by atoms with Gasteiger partial charge in [-0.1, -0.05) is 29.9 Å². The van der Waals surface area contributed by atoms with Gasteiger partial charge in [-0.05, 0) is 0 Å². The number of ether oxygens (including phenoxy) is 1. The number of morpholine rings is 1. The minimum absolute atomic E-state index is 0.0934. The maximum atomic E-state index is 6.06. The number of nitrogens with one attached hydrogen (secondary N) is 1. The zero-order valence-corrected chi connectivity index (χ0v) is 13.5. The third-order valence-corrected chi connectivity index (χ3v) is 4.36. The Morgan fingerprint density at radius 2 is 2.38 bits per heavy atom. The maximum Gasteiger partial charge on any atom is 0.155 e. The predicted octanol–water partition coefficient (Wildman–Crippen LogP) is 2.01. The molecular weight excluding hydrogens is 312 g/mol. The van der Waals surface area contributed by atoms with E-state index in [2.05, 4.69) is 43.5 Å². The van der Waals surface area contributed by atoms with E-state index in [0.29, 0.717) is 23.4 Å². The van der Waals surface area contributed by atoms with Crippen LogP contribution >= 0.6 is 23.1 Å². The first-order valence-corrected chi connectivity index (χ1v) is 8.01. The fourth-order valence-electron chi connectivity index (χ4n) is 2.20. The zero-order valence-electron chi connectivity index (χ0n) is 11.9. The molecule has 1 saturated heterocycles. The SMILES string of the molecule is CC(C)c1n[nH]c([C@H]2CN(Cc3nnsc3Cl)CCO2)n1. The quantitative estimate of drug-likeness (QED) is 0.924. The van der Waals surface area contributed by atoms with E-state index in [4.69, 9.17) is 16.3 Å². The van der Waals surface area contributed by atoms with E-state index in [1.54, 1.807) is 0 Å². The van der Waals surface area contributed by atoms with E-state index < -0.39 is 0 Å². The highest BCUT2D eigenvalue weighted by Gasteiger charge is 2.26. The standard InChI is InChI=1S/C12H17ClN6OS/c1-7(2)11-14-12(17-16-11)9-6-19(3-4-20-9)5-8-10(13)21-18-15-8/h7,9H,3-6H2,1-2H3,(H,14,16,17)/t9-/m1/s1. The molecule has 1 atom stereocenters. The number of aromatic amines is 1. The molecule has 0 spiro atoms. The molecular formula is C12H17ClN6OS. The molecule has 1 aliphatic rings. The van der Waals surface area contributed by atoms with Crippen molar-refractivity contribution in [3.63, 3.8) is 0 Å². The summed E-state index contributed by atoms with van der Waals surface area (Å²) in [5, 5.41) is 11.3. The van der Waals surface area contributed by atoms with Gasteiger partial charge in [-0.25, -0.2) is 4.98 Å². The topological polar surface area (TPSA) is 79.8 Å². The van der Waals surface area contributed by atoms with Crippen LogP contribution in [0.25, 0.3) is 0 Å². The Morgan fingerprint density at radius 3 is 3.05 bits per heavy atom. The average Bonchev–Trinajstić information content (AvgIpc) is 3.09. The molecule has 0 amide bonds. The van der Waals surface area contributed by atoms with Crippen molar-refractivity contribution in [3.8, 4) is 0 Å². The number of H-pyrrole nitrogens is 1. The van der Waals surface area contributed by atoms with Gasteiger partial charge in [0.05, 0.1) is 6.61 Å². The normalized spacial score (nSPS) is 20.3. The van der Waals surface area contributed by atoms with Gasteiger partial charge in [-0.2, -0.15) is 5.10 Å². The second-order valence-electron chi connectivity index (χ2n) is 5.32. The lowest BCUT2D eigenvalue weighted by molar-refractivity contribution is -0.0374. The van der Waals surface area contributed by atoms with E-state index in [0.717, 1.165) is 30.4 Å². The molecule has 3 rings (SSSR count). The summed E-state index contributed by atoms with van der Waals surface area (Å²) in [5.74, 6) is 1.90. The molecule has 0 unspecified atom stereocenters. The molecule has 0 aromatic carbocycles. The third-order valence-electron chi connectivity index (χ3n) is 3.37. The summed E-state index contributed by atoms with van der Waals surface area (Å²) in [5.41, 5.74) is 0.822. The van der Waals surface area contributed by atoms with Gasteiger partial charge in [0.2, 0.25) is 0 Å². The van der Waals surface area contributed by atoms with Gasteiger partial charge in [0.1, 0.15) is 16.1 Å². The highest BCUT2D eigenvalue weighted by atomic mass is 35.5. The summed E-state index contributed by atoms with van der Waals surface area (Å²) in [4.78, 5) is 6.76. The van der Waals surface area contributed by atoms with E-state index in [1.165, 1.54) is 11.5 Å². The molecule has 0 saturated carbocycles. The first-order chi connectivity index (χ1) is 10.1. The van der Waals surface area contributed by atoms with Gasteiger partial charge in [-0.15, -0.1) is 5.10 Å². The summed E-state index contributed by atoms with van der Waals surface area (Å²) in [6, 6.07) is 0. The van der Waals surface area contributed by atoms with Crippen molar-refractivity contribution in [2.24, 2.45) is 0 Å². The van der Waals surface area contributed by atoms with Crippen LogP contribution in [0.4, 0.5) is 0 Å². The Bertz CT molecular complexity index is 600. The molecule has 3 heterocycles. The number of aromatic nitrogens is 5. The van der Waals surface area contributed by atoms with Gasteiger partial charge in [0.15, 0.2) is 11.6 Å². The minimum Gasteiger partial charge on any atom is -0.368 e. The number of halogens is 1. The second kappa shape index (κ2) is 6.35. The average molecular weight is 329 g/mol. The Labute approximate surface area is 131 Å². The van der Waals surface area contributed by atoms with Crippen LogP contribution in [0.2, 0.25) is 4.34 Å². The molecule has 0 aliphatic carbocycles. The minimum atomic E-state index is -0.0934. The molecule has 9 heteroatoms. The van der Waals surface area contributed by atoms with Gasteiger partial charge in [0.25, 0.3) is 0 Å². The summed E-state index contributed by atoms with van der Waals surface area (Å²) >= 11 is 7.27. The lowest BCUT2D eigenvalue weighted by atomic mass is 10.2. The van der Waals surface area contributed by atoms with E-state index in [9.17, 15) is 0 Å². The Hall–Kier alpha value is -1.09. The highest BCUT2D eigenvalue weighted by Crippen LogP contribution is 2.24. The van der Waals surface area contributed by atoms with Crippen LogP contribution in [-0.4, -0.2) is 49.4 Å². The van der Waals surface area contributed by atoms with E-state index in [-0.39, 0.29) is 6.10 Å². The first kappa shape index (κ1) is 14.8. The lowest BCUT2D eigenvalue weighted by Gasteiger charge is -2.31. The van der Waals surface area contributed by atoms with Crippen LogP contribution in [0.5, 0.6) is 0 Å². The van der Waals surface area contributed by atoms with Crippen LogP contribution in [0, 0.1) is 0 Å². The molecule has 7 nitrogen and oxygen atoms in total. The van der Waals surface area contributed by atoms with Crippen molar-refractivity contribution in [1.29, 1.82) is 0 Å². The molecule has 2 aromatic heterocycles. The van der Waals surface area contributed by atoms with Crippen LogP contribution in [0.1, 0.15) is 43.2 Å². The predicted molar refractivity (Wildman–Crippen MR) is 79.4 cm³/mol. The number of hydrogen-bond donors (Lipinski definition) is 1. The van der Waals surface area contributed by atoms with Crippen molar-refractivity contribution in [3.05, 3.63) is 21.7 Å². The summed E-state index contributed by atoms with van der Waals surface area (Å²) in [6.45, 7) is 7.05. The fourth-order valence-corrected chi connectivity index (χ4v) is 2.82. The van der Waals surface area contributed by atoms with Crippen LogP contribution in [-0.2, 0) is 11.3 Å². The fraction of sp³-hybridized carbons (Fsp3) is 0.667. The molecule has 114 valence electrons. The largest absolute Gasteiger partial charge is 0.368 e. The smallest absolute Gasteiger partial charge is 0.155 e. The molecule has 1 fully saturated rings. The Kier molecular flexibility index (Phi) is 4.48. The first-order valence-electron chi connectivity index (χ1n) is 6.86. The van der Waals surface area contributed by atoms with Gasteiger partial charge >= 0.3 is 0 Å². The monoisotopic (exact) mass is 328 g/mol. The Balaban J connectivity index is 1.66. The van der Waals surface area contributed by atoms with E-state index in [1.807, 2.05) is 0 Å². The lowest BCUT2D eigenvalue weighted by Crippen LogP contribution is -2.38. The second-order valence-corrected chi connectivity index (χ2v) is 6.68.